The second-order valence-corrected chi connectivity index (χ2v) is 3.62. The maximum atomic E-state index is 13.0. The minimum atomic E-state index is -0.348. The number of halogens is 1. The predicted molar refractivity (Wildman–Crippen MR) is 59.6 cm³/mol. The molecule has 2 aromatic rings. The average Bonchev–Trinajstić information content (AvgIpc) is 2.78. The van der Waals surface area contributed by atoms with Crippen molar-refractivity contribution >= 4 is 6.29 Å². The monoisotopic (exact) mass is 234 g/mol. The van der Waals surface area contributed by atoms with Crippen LogP contribution in [0.15, 0.2) is 34.7 Å². The van der Waals surface area contributed by atoms with Crippen LogP contribution in [0.5, 0.6) is 5.75 Å². The minimum Gasteiger partial charge on any atom is -0.485 e. The van der Waals surface area contributed by atoms with Crippen LogP contribution in [0, 0.1) is 12.7 Å². The quantitative estimate of drug-likeness (QED) is 0.763. The summed E-state index contributed by atoms with van der Waals surface area (Å²) in [5, 5.41) is 0. The van der Waals surface area contributed by atoms with Gasteiger partial charge >= 0.3 is 0 Å². The zero-order valence-electron chi connectivity index (χ0n) is 9.27. The minimum absolute atomic E-state index is 0.165. The van der Waals surface area contributed by atoms with Gasteiger partial charge in [-0.1, -0.05) is 6.07 Å². The summed E-state index contributed by atoms with van der Waals surface area (Å²) >= 11 is 0. The Morgan fingerprint density at radius 3 is 2.88 bits per heavy atom. The van der Waals surface area contributed by atoms with Crippen LogP contribution in [0.3, 0.4) is 0 Å². The molecule has 0 aliphatic rings. The first-order valence-electron chi connectivity index (χ1n) is 5.12. The number of hydrogen-bond acceptors (Lipinski definition) is 3. The Bertz CT molecular complexity index is 531. The molecule has 1 aromatic carbocycles. The normalized spacial score (nSPS) is 10.2. The topological polar surface area (TPSA) is 39.4 Å². The number of aldehydes is 1. The molecule has 0 amide bonds. The largest absolute Gasteiger partial charge is 0.485 e. The molecule has 0 atom stereocenters. The highest BCUT2D eigenvalue weighted by Crippen LogP contribution is 2.20. The molecule has 0 aliphatic carbocycles. The second-order valence-electron chi connectivity index (χ2n) is 3.62. The van der Waals surface area contributed by atoms with Crippen molar-refractivity contribution in [3.63, 3.8) is 0 Å². The smallest absolute Gasteiger partial charge is 0.185 e. The van der Waals surface area contributed by atoms with Gasteiger partial charge in [0.2, 0.25) is 0 Å². The molecular weight excluding hydrogens is 223 g/mol. The molecule has 0 radical (unpaired) electrons. The van der Waals surface area contributed by atoms with E-state index in [9.17, 15) is 9.18 Å². The maximum Gasteiger partial charge on any atom is 0.185 e. The van der Waals surface area contributed by atoms with Crippen molar-refractivity contribution in [1.29, 1.82) is 0 Å². The van der Waals surface area contributed by atoms with E-state index in [1.54, 1.807) is 18.2 Å². The van der Waals surface area contributed by atoms with E-state index in [1.165, 1.54) is 12.1 Å². The zero-order chi connectivity index (χ0) is 12.3. The highest BCUT2D eigenvalue weighted by molar-refractivity contribution is 5.70. The van der Waals surface area contributed by atoms with Crippen LogP contribution < -0.4 is 4.74 Å². The van der Waals surface area contributed by atoms with Gasteiger partial charge in [-0.3, -0.25) is 4.79 Å². The number of furan rings is 1. The van der Waals surface area contributed by atoms with Crippen LogP contribution >= 0.6 is 0 Å². The molecule has 0 spiro atoms. The van der Waals surface area contributed by atoms with E-state index in [-0.39, 0.29) is 18.2 Å². The van der Waals surface area contributed by atoms with E-state index < -0.39 is 0 Å². The molecule has 0 unspecified atom stereocenters. The van der Waals surface area contributed by atoms with Crippen LogP contribution in [-0.2, 0) is 6.61 Å². The molecule has 0 aliphatic heterocycles. The van der Waals surface area contributed by atoms with Crippen LogP contribution in [0.4, 0.5) is 4.39 Å². The number of hydrogen-bond donors (Lipinski definition) is 0. The summed E-state index contributed by atoms with van der Waals surface area (Å²) in [5.41, 5.74) is 0.841. The SMILES string of the molecule is Cc1ccc(F)cc1OCc1ccc(C=O)o1. The zero-order valence-corrected chi connectivity index (χ0v) is 9.27. The summed E-state index contributed by atoms with van der Waals surface area (Å²) in [5.74, 6) is 0.892. The van der Waals surface area contributed by atoms with Gasteiger partial charge in [-0.15, -0.1) is 0 Å². The Labute approximate surface area is 97.8 Å². The lowest BCUT2D eigenvalue weighted by Crippen LogP contribution is -1.96. The summed E-state index contributed by atoms with van der Waals surface area (Å²) in [4.78, 5) is 10.4. The Kier molecular flexibility index (Phi) is 3.23. The Balaban J connectivity index is 2.06. The molecule has 2 rings (SSSR count). The van der Waals surface area contributed by atoms with Gasteiger partial charge in [-0.05, 0) is 30.7 Å². The van der Waals surface area contributed by atoms with Crippen molar-refractivity contribution in [2.24, 2.45) is 0 Å². The third-order valence-corrected chi connectivity index (χ3v) is 2.32. The molecule has 1 heterocycles. The summed E-state index contributed by atoms with van der Waals surface area (Å²) in [7, 11) is 0. The van der Waals surface area contributed by atoms with Crippen LogP contribution in [-0.4, -0.2) is 6.29 Å². The van der Waals surface area contributed by atoms with E-state index in [0.717, 1.165) is 5.56 Å². The van der Waals surface area contributed by atoms with Gasteiger partial charge in [-0.25, -0.2) is 4.39 Å². The Morgan fingerprint density at radius 1 is 1.35 bits per heavy atom. The van der Waals surface area contributed by atoms with Gasteiger partial charge in [0.1, 0.15) is 23.9 Å². The molecule has 88 valence electrons. The van der Waals surface area contributed by atoms with Crippen LogP contribution in [0.25, 0.3) is 0 Å². The number of benzene rings is 1. The lowest BCUT2D eigenvalue weighted by atomic mass is 10.2. The number of carbonyl (C=O) groups is 1. The first kappa shape index (κ1) is 11.4. The van der Waals surface area contributed by atoms with Crippen molar-refractivity contribution < 1.29 is 18.3 Å². The van der Waals surface area contributed by atoms with Gasteiger partial charge in [0.05, 0.1) is 0 Å². The van der Waals surface area contributed by atoms with Gasteiger partial charge in [0.15, 0.2) is 12.0 Å². The lowest BCUT2D eigenvalue weighted by Gasteiger charge is -2.07. The van der Waals surface area contributed by atoms with Crippen LogP contribution in [0.1, 0.15) is 21.9 Å². The fourth-order valence-electron chi connectivity index (χ4n) is 1.41. The Morgan fingerprint density at radius 2 is 2.18 bits per heavy atom. The third kappa shape index (κ3) is 2.72. The summed E-state index contributed by atoms with van der Waals surface area (Å²) < 4.78 is 23.5. The first-order chi connectivity index (χ1) is 8.19. The highest BCUT2D eigenvalue weighted by atomic mass is 19.1. The summed E-state index contributed by atoms with van der Waals surface area (Å²) in [6.07, 6.45) is 0.622. The fourth-order valence-corrected chi connectivity index (χ4v) is 1.41. The van der Waals surface area contributed by atoms with Gasteiger partial charge < -0.3 is 9.15 Å². The van der Waals surface area contributed by atoms with Gasteiger partial charge in [0.25, 0.3) is 0 Å². The molecule has 4 heteroatoms. The number of carbonyl (C=O) groups excluding carboxylic acids is 1. The predicted octanol–water partition coefficient (Wildman–Crippen LogP) is 3.12. The van der Waals surface area contributed by atoms with Crippen molar-refractivity contribution in [2.75, 3.05) is 0 Å². The van der Waals surface area contributed by atoms with E-state index in [0.29, 0.717) is 17.8 Å². The average molecular weight is 234 g/mol. The molecule has 1 aromatic heterocycles. The standard InChI is InChI=1S/C13H11FO3/c1-9-2-3-10(14)6-13(9)16-8-12-5-4-11(7-15)17-12/h2-7H,8H2,1H3. The molecule has 0 N–H and O–H groups in total. The number of rotatable bonds is 4. The fraction of sp³-hybridized carbons (Fsp3) is 0.154. The molecule has 0 fully saturated rings. The van der Waals surface area contributed by atoms with Crippen molar-refractivity contribution in [2.45, 2.75) is 13.5 Å². The second kappa shape index (κ2) is 4.82. The van der Waals surface area contributed by atoms with Gasteiger partial charge in [0, 0.05) is 6.07 Å². The molecule has 0 bridgehead atoms. The van der Waals surface area contributed by atoms with Crippen LogP contribution in [0.2, 0.25) is 0 Å². The molecule has 0 saturated heterocycles. The Hall–Kier alpha value is -2.10. The van der Waals surface area contributed by atoms with E-state index >= 15 is 0 Å². The van der Waals surface area contributed by atoms with E-state index in [4.69, 9.17) is 9.15 Å². The molecule has 0 saturated carbocycles. The third-order valence-electron chi connectivity index (χ3n) is 2.32. The number of ether oxygens (including phenoxy) is 1. The highest BCUT2D eigenvalue weighted by Gasteiger charge is 2.05. The van der Waals surface area contributed by atoms with Crippen molar-refractivity contribution in [3.8, 4) is 5.75 Å². The number of aryl methyl sites for hydroxylation is 1. The lowest BCUT2D eigenvalue weighted by molar-refractivity contribution is 0.109. The summed E-state index contributed by atoms with van der Waals surface area (Å²) in [6, 6.07) is 7.55. The molecule has 17 heavy (non-hydrogen) atoms. The maximum absolute atomic E-state index is 13.0. The van der Waals surface area contributed by atoms with E-state index in [1.807, 2.05) is 6.92 Å². The molecule has 3 nitrogen and oxygen atoms in total. The van der Waals surface area contributed by atoms with Gasteiger partial charge in [-0.2, -0.15) is 0 Å². The van der Waals surface area contributed by atoms with Crippen molar-refractivity contribution in [1.82, 2.24) is 0 Å². The van der Waals surface area contributed by atoms with E-state index in [2.05, 4.69) is 0 Å². The van der Waals surface area contributed by atoms with Crippen molar-refractivity contribution in [3.05, 3.63) is 53.2 Å². The first-order valence-corrected chi connectivity index (χ1v) is 5.12. The molecular formula is C13H11FO3. The summed E-state index contributed by atoms with van der Waals surface area (Å²) in [6.45, 7) is 1.99.